The fraction of sp³-hybridized carbons (Fsp3) is 0.500. The van der Waals surface area contributed by atoms with E-state index < -0.39 is 0 Å². The van der Waals surface area contributed by atoms with Gasteiger partial charge in [-0.1, -0.05) is 57.5 Å². The van der Waals surface area contributed by atoms with E-state index in [-0.39, 0.29) is 26.8 Å². The third-order valence-corrected chi connectivity index (χ3v) is 2.03. The molecule has 0 aromatic heterocycles. The van der Waals surface area contributed by atoms with Crippen LogP contribution in [0.15, 0.2) is 24.3 Å². The molecule has 0 fully saturated rings. The van der Waals surface area contributed by atoms with E-state index in [1.807, 2.05) is 58.2 Å². The summed E-state index contributed by atoms with van der Waals surface area (Å²) in [6, 6.07) is 7.72. The van der Waals surface area contributed by atoms with Crippen molar-refractivity contribution in [3.05, 3.63) is 35.4 Å². The number of carbonyl (C=O) groups excluding carboxylic acids is 2. The van der Waals surface area contributed by atoms with Gasteiger partial charge in [-0.05, 0) is 18.9 Å². The Morgan fingerprint density at radius 3 is 2.11 bits per heavy atom. The van der Waals surface area contributed by atoms with Crippen LogP contribution in [-0.2, 0) is 43.5 Å². The Bertz CT molecular complexity index is 335. The van der Waals surface area contributed by atoms with Crippen LogP contribution in [0.4, 0.5) is 0 Å². The van der Waals surface area contributed by atoms with Crippen molar-refractivity contribution in [3.8, 4) is 0 Å². The fourth-order valence-electron chi connectivity index (χ4n) is 1.30. The minimum Gasteiger partial charge on any atom is -0.541 e. The SMILES string of the molecule is CC.CC.CC(=O)CCc1cccc(C[C-]=O)c1.[W]. The second-order valence-electron chi connectivity index (χ2n) is 3.34. The molecular formula is C16H25O2W-. The van der Waals surface area contributed by atoms with E-state index in [2.05, 4.69) is 0 Å². The number of rotatable bonds is 5. The molecular weight excluding hydrogens is 408 g/mol. The van der Waals surface area contributed by atoms with Crippen LogP contribution in [0.5, 0.6) is 0 Å². The van der Waals surface area contributed by atoms with Gasteiger partial charge in [0.15, 0.2) is 0 Å². The number of Topliss-reactive ketones (excluding diaryl/α,β-unsaturated/α-hetero) is 1. The van der Waals surface area contributed by atoms with Gasteiger partial charge in [0.05, 0.1) is 0 Å². The second-order valence-corrected chi connectivity index (χ2v) is 3.34. The van der Waals surface area contributed by atoms with Crippen LogP contribution in [-0.4, -0.2) is 12.1 Å². The third-order valence-electron chi connectivity index (χ3n) is 2.03. The molecule has 19 heavy (non-hydrogen) atoms. The van der Waals surface area contributed by atoms with Gasteiger partial charge in [-0.15, -0.1) is 6.42 Å². The summed E-state index contributed by atoms with van der Waals surface area (Å²) in [6.07, 6.45) is 3.50. The molecule has 0 bridgehead atoms. The van der Waals surface area contributed by atoms with E-state index in [0.29, 0.717) is 12.8 Å². The van der Waals surface area contributed by atoms with Crippen molar-refractivity contribution in [2.45, 2.75) is 53.9 Å². The maximum absolute atomic E-state index is 10.8. The Balaban J connectivity index is -0.000000467. The number of hydrogen-bond donors (Lipinski definition) is 0. The monoisotopic (exact) mass is 433 g/mol. The molecule has 0 spiro atoms. The van der Waals surface area contributed by atoms with E-state index in [0.717, 1.165) is 17.5 Å². The van der Waals surface area contributed by atoms with Crippen molar-refractivity contribution < 1.29 is 30.7 Å². The molecule has 1 aromatic carbocycles. The van der Waals surface area contributed by atoms with Gasteiger partial charge >= 0.3 is 0 Å². The van der Waals surface area contributed by atoms with E-state index >= 15 is 0 Å². The van der Waals surface area contributed by atoms with Gasteiger partial charge < -0.3 is 9.59 Å². The third kappa shape index (κ3) is 13.5. The summed E-state index contributed by atoms with van der Waals surface area (Å²) in [4.78, 5) is 20.9. The molecule has 0 atom stereocenters. The molecule has 0 aliphatic rings. The van der Waals surface area contributed by atoms with Gasteiger partial charge in [-0.2, -0.15) is 0 Å². The van der Waals surface area contributed by atoms with Crippen LogP contribution >= 0.6 is 0 Å². The Labute approximate surface area is 132 Å². The van der Waals surface area contributed by atoms with Crippen molar-refractivity contribution in [1.29, 1.82) is 0 Å². The summed E-state index contributed by atoms with van der Waals surface area (Å²) in [7, 11) is 0. The largest absolute Gasteiger partial charge is 0.541 e. The molecule has 2 nitrogen and oxygen atoms in total. The molecule has 0 aliphatic heterocycles. The first-order valence-electron chi connectivity index (χ1n) is 6.64. The first kappa shape index (κ1) is 23.3. The first-order chi connectivity index (χ1) is 8.72. The molecule has 0 saturated carbocycles. The van der Waals surface area contributed by atoms with Crippen LogP contribution in [0.3, 0.4) is 0 Å². The summed E-state index contributed by atoms with van der Waals surface area (Å²) in [5.41, 5.74) is 2.06. The van der Waals surface area contributed by atoms with Crippen molar-refractivity contribution in [3.63, 3.8) is 0 Å². The Kier molecular flexibility index (Phi) is 21.2. The molecule has 108 valence electrons. The smallest absolute Gasteiger partial charge is 0.130 e. The predicted octanol–water partition coefficient (Wildman–Crippen LogP) is 3.91. The van der Waals surface area contributed by atoms with E-state index in [1.165, 1.54) is 0 Å². The van der Waals surface area contributed by atoms with Crippen LogP contribution in [0, 0.1) is 0 Å². The predicted molar refractivity (Wildman–Crippen MR) is 77.5 cm³/mol. The van der Waals surface area contributed by atoms with Gasteiger partial charge in [-0.3, -0.25) is 6.29 Å². The van der Waals surface area contributed by atoms with E-state index in [1.54, 1.807) is 6.92 Å². The molecule has 0 amide bonds. The summed E-state index contributed by atoms with van der Waals surface area (Å²) < 4.78 is 0. The van der Waals surface area contributed by atoms with Crippen molar-refractivity contribution in [2.75, 3.05) is 0 Å². The van der Waals surface area contributed by atoms with Gasteiger partial charge in [0, 0.05) is 27.5 Å². The van der Waals surface area contributed by atoms with Crippen LogP contribution in [0.1, 0.15) is 52.2 Å². The number of aryl methyl sites for hydroxylation is 1. The molecule has 0 unspecified atom stereocenters. The van der Waals surface area contributed by atoms with Crippen molar-refractivity contribution in [1.82, 2.24) is 0 Å². The summed E-state index contributed by atoms with van der Waals surface area (Å²) >= 11 is 0. The van der Waals surface area contributed by atoms with E-state index in [9.17, 15) is 9.59 Å². The van der Waals surface area contributed by atoms with Crippen molar-refractivity contribution in [2.24, 2.45) is 0 Å². The topological polar surface area (TPSA) is 34.1 Å². The van der Waals surface area contributed by atoms with Crippen molar-refractivity contribution >= 4 is 12.1 Å². The molecule has 0 radical (unpaired) electrons. The Hall–Kier alpha value is -0.752. The first-order valence-corrected chi connectivity index (χ1v) is 6.64. The van der Waals surface area contributed by atoms with Gasteiger partial charge in [0.1, 0.15) is 5.78 Å². The normalized spacial score (nSPS) is 7.84. The van der Waals surface area contributed by atoms with Gasteiger partial charge in [0.25, 0.3) is 0 Å². The Morgan fingerprint density at radius 1 is 1.11 bits per heavy atom. The van der Waals surface area contributed by atoms with Crippen LogP contribution in [0.25, 0.3) is 0 Å². The molecule has 0 N–H and O–H groups in total. The zero-order chi connectivity index (χ0) is 14.4. The molecule has 0 saturated heterocycles. The molecule has 3 heteroatoms. The summed E-state index contributed by atoms with van der Waals surface area (Å²) in [6.45, 7) is 9.59. The van der Waals surface area contributed by atoms with E-state index in [4.69, 9.17) is 0 Å². The molecule has 0 aliphatic carbocycles. The maximum atomic E-state index is 10.8. The molecule has 1 rings (SSSR count). The number of carbonyl (C=O) groups is 1. The zero-order valence-corrected chi connectivity index (χ0v) is 15.6. The van der Waals surface area contributed by atoms with Gasteiger partial charge in [-0.25, -0.2) is 0 Å². The minimum absolute atomic E-state index is 0. The molecule has 0 heterocycles. The average Bonchev–Trinajstić information content (AvgIpc) is 2.42. The number of ketones is 1. The quantitative estimate of drug-likeness (QED) is 0.661. The average molecular weight is 433 g/mol. The summed E-state index contributed by atoms with van der Waals surface area (Å²) in [5, 5.41) is 0. The van der Waals surface area contributed by atoms with Crippen LogP contribution in [0.2, 0.25) is 0 Å². The zero-order valence-electron chi connectivity index (χ0n) is 12.7. The van der Waals surface area contributed by atoms with Gasteiger partial charge in [0.2, 0.25) is 0 Å². The Morgan fingerprint density at radius 2 is 1.63 bits per heavy atom. The standard InChI is InChI=1S/C12H13O2.2C2H6.W/c1-10(14)5-6-11-3-2-4-12(9-11)7-8-13;2*1-2;/h2-4,9H,5-7H2,1H3;2*1-2H3;/q-1;;;. The number of hydrogen-bond acceptors (Lipinski definition) is 2. The fourth-order valence-corrected chi connectivity index (χ4v) is 1.30. The summed E-state index contributed by atoms with van der Waals surface area (Å²) in [5.74, 6) is 0.192. The van der Waals surface area contributed by atoms with Crippen LogP contribution < -0.4 is 0 Å². The number of benzene rings is 1. The second kappa shape index (κ2) is 17.2. The minimum atomic E-state index is 0. The maximum Gasteiger partial charge on any atom is 0.130 e. The molecule has 1 aromatic rings.